The fraction of sp³-hybridized carbons (Fsp3) is 0.0952. The van der Waals surface area contributed by atoms with Crippen molar-refractivity contribution in [1.82, 2.24) is 4.98 Å². The number of aromatic nitrogens is 1. The monoisotopic (exact) mass is 317 g/mol. The van der Waals surface area contributed by atoms with Crippen LogP contribution in [0.4, 0.5) is 0 Å². The summed E-state index contributed by atoms with van der Waals surface area (Å²) in [4.78, 5) is 4.36. The number of hydrogen-bond donors (Lipinski definition) is 0. The van der Waals surface area contributed by atoms with Crippen LogP contribution < -0.4 is 0 Å². The van der Waals surface area contributed by atoms with Crippen molar-refractivity contribution in [2.24, 2.45) is 0 Å². The van der Waals surface area contributed by atoms with Gasteiger partial charge in [-0.15, -0.1) is 0 Å². The van der Waals surface area contributed by atoms with Crippen molar-refractivity contribution < 1.29 is 0 Å². The molecule has 0 radical (unpaired) electrons. The van der Waals surface area contributed by atoms with Crippen LogP contribution >= 0.6 is 11.6 Å². The molecule has 0 N–H and O–H groups in total. The molecule has 0 fully saturated rings. The predicted molar refractivity (Wildman–Crippen MR) is 96.5 cm³/mol. The molecule has 23 heavy (non-hydrogen) atoms. The molecule has 3 aromatic rings. The van der Waals surface area contributed by atoms with Crippen molar-refractivity contribution >= 4 is 23.3 Å². The SMILES string of the molecule is Clc1cccc(C=C2c3ccccc3CCc3ccncc32)c1. The van der Waals surface area contributed by atoms with Crippen molar-refractivity contribution in [3.05, 3.63) is 99.8 Å². The lowest BCUT2D eigenvalue weighted by Gasteiger charge is -2.11. The Kier molecular flexibility index (Phi) is 3.72. The number of nitrogens with zero attached hydrogens (tertiary/aromatic N) is 1. The van der Waals surface area contributed by atoms with Gasteiger partial charge in [0.2, 0.25) is 0 Å². The van der Waals surface area contributed by atoms with Crippen LogP contribution in [0, 0.1) is 0 Å². The third-order valence-electron chi connectivity index (χ3n) is 4.33. The fourth-order valence-corrected chi connectivity index (χ4v) is 3.42. The van der Waals surface area contributed by atoms with Crippen LogP contribution in [0.1, 0.15) is 27.8 Å². The second-order valence-electron chi connectivity index (χ2n) is 5.80. The number of rotatable bonds is 1. The average Bonchev–Trinajstić information content (AvgIpc) is 2.73. The Morgan fingerprint density at radius 2 is 1.70 bits per heavy atom. The summed E-state index contributed by atoms with van der Waals surface area (Å²) in [7, 11) is 0. The van der Waals surface area contributed by atoms with Gasteiger partial charge in [0.1, 0.15) is 0 Å². The highest BCUT2D eigenvalue weighted by molar-refractivity contribution is 6.30. The zero-order valence-corrected chi connectivity index (χ0v) is 13.4. The van der Waals surface area contributed by atoms with E-state index in [0.29, 0.717) is 0 Å². The first-order chi connectivity index (χ1) is 11.3. The van der Waals surface area contributed by atoms with Crippen LogP contribution in [0.3, 0.4) is 0 Å². The van der Waals surface area contributed by atoms with Gasteiger partial charge in [-0.3, -0.25) is 4.98 Å². The number of pyridine rings is 1. The minimum Gasteiger partial charge on any atom is -0.264 e. The summed E-state index contributed by atoms with van der Waals surface area (Å²) in [6.45, 7) is 0. The van der Waals surface area contributed by atoms with E-state index in [1.165, 1.54) is 27.8 Å². The zero-order chi connectivity index (χ0) is 15.6. The Bertz CT molecular complexity index is 846. The molecule has 2 aromatic carbocycles. The molecule has 0 bridgehead atoms. The van der Waals surface area contributed by atoms with E-state index >= 15 is 0 Å². The summed E-state index contributed by atoms with van der Waals surface area (Å²) < 4.78 is 0. The molecule has 1 heterocycles. The molecule has 4 rings (SSSR count). The first kappa shape index (κ1) is 14.2. The molecule has 1 aromatic heterocycles. The lowest BCUT2D eigenvalue weighted by molar-refractivity contribution is 0.960. The Balaban J connectivity index is 1.97. The van der Waals surface area contributed by atoms with Crippen LogP contribution in [0.5, 0.6) is 0 Å². The van der Waals surface area contributed by atoms with Gasteiger partial charge in [-0.2, -0.15) is 0 Å². The van der Waals surface area contributed by atoms with E-state index in [2.05, 4.69) is 47.5 Å². The summed E-state index contributed by atoms with van der Waals surface area (Å²) >= 11 is 6.15. The highest BCUT2D eigenvalue weighted by Gasteiger charge is 2.17. The molecule has 0 unspecified atom stereocenters. The highest BCUT2D eigenvalue weighted by atomic mass is 35.5. The summed E-state index contributed by atoms with van der Waals surface area (Å²) in [5, 5.41) is 0.757. The fourth-order valence-electron chi connectivity index (χ4n) is 3.22. The Morgan fingerprint density at radius 1 is 0.870 bits per heavy atom. The van der Waals surface area contributed by atoms with Gasteiger partial charge in [-0.05, 0) is 64.9 Å². The number of benzene rings is 2. The molecular formula is C21H16ClN. The first-order valence-corrected chi connectivity index (χ1v) is 8.18. The number of fused-ring (bicyclic) bond motifs is 2. The zero-order valence-electron chi connectivity index (χ0n) is 12.7. The molecule has 0 aliphatic heterocycles. The van der Waals surface area contributed by atoms with Gasteiger partial charge in [-0.1, -0.05) is 48.0 Å². The van der Waals surface area contributed by atoms with E-state index in [-0.39, 0.29) is 0 Å². The largest absolute Gasteiger partial charge is 0.264 e. The van der Waals surface area contributed by atoms with Crippen molar-refractivity contribution in [3.63, 3.8) is 0 Å². The number of halogens is 1. The van der Waals surface area contributed by atoms with Crippen LogP contribution in [0.2, 0.25) is 5.02 Å². The molecule has 0 atom stereocenters. The maximum absolute atomic E-state index is 6.15. The molecular weight excluding hydrogens is 302 g/mol. The van der Waals surface area contributed by atoms with E-state index in [9.17, 15) is 0 Å². The van der Waals surface area contributed by atoms with E-state index in [0.717, 1.165) is 23.4 Å². The van der Waals surface area contributed by atoms with Crippen molar-refractivity contribution in [1.29, 1.82) is 0 Å². The molecule has 1 aliphatic carbocycles. The topological polar surface area (TPSA) is 12.9 Å². The van der Waals surface area contributed by atoms with Gasteiger partial charge in [-0.25, -0.2) is 0 Å². The van der Waals surface area contributed by atoms with E-state index in [4.69, 9.17) is 11.6 Å². The van der Waals surface area contributed by atoms with Gasteiger partial charge in [0, 0.05) is 23.0 Å². The van der Waals surface area contributed by atoms with Crippen LogP contribution in [0.25, 0.3) is 11.6 Å². The van der Waals surface area contributed by atoms with E-state index in [1.54, 1.807) is 0 Å². The van der Waals surface area contributed by atoms with Crippen LogP contribution in [0.15, 0.2) is 67.0 Å². The number of aryl methyl sites for hydroxylation is 2. The van der Waals surface area contributed by atoms with E-state index in [1.807, 2.05) is 30.6 Å². The van der Waals surface area contributed by atoms with Gasteiger partial charge >= 0.3 is 0 Å². The van der Waals surface area contributed by atoms with Crippen LogP contribution in [-0.2, 0) is 12.8 Å². The second kappa shape index (κ2) is 6.02. The van der Waals surface area contributed by atoms with Crippen LogP contribution in [-0.4, -0.2) is 4.98 Å². The lowest BCUT2D eigenvalue weighted by Crippen LogP contribution is -1.93. The van der Waals surface area contributed by atoms with Gasteiger partial charge in [0.25, 0.3) is 0 Å². The number of hydrogen-bond acceptors (Lipinski definition) is 1. The third-order valence-corrected chi connectivity index (χ3v) is 4.57. The van der Waals surface area contributed by atoms with Gasteiger partial charge in [0.15, 0.2) is 0 Å². The van der Waals surface area contributed by atoms with Gasteiger partial charge < -0.3 is 0 Å². The second-order valence-corrected chi connectivity index (χ2v) is 6.24. The normalized spacial score (nSPS) is 14.9. The molecule has 1 aliphatic rings. The average molecular weight is 318 g/mol. The minimum absolute atomic E-state index is 0.757. The van der Waals surface area contributed by atoms with Gasteiger partial charge in [0.05, 0.1) is 0 Å². The van der Waals surface area contributed by atoms with E-state index < -0.39 is 0 Å². The molecule has 0 saturated heterocycles. The summed E-state index contributed by atoms with van der Waals surface area (Å²) in [6, 6.07) is 18.7. The quantitative estimate of drug-likeness (QED) is 0.583. The Labute approximate surface area is 141 Å². The maximum Gasteiger partial charge on any atom is 0.0411 e. The summed E-state index contributed by atoms with van der Waals surface area (Å²) in [6.07, 6.45) is 8.18. The third kappa shape index (κ3) is 2.80. The highest BCUT2D eigenvalue weighted by Crippen LogP contribution is 2.34. The Hall–Kier alpha value is -2.38. The Morgan fingerprint density at radius 3 is 2.57 bits per heavy atom. The summed E-state index contributed by atoms with van der Waals surface area (Å²) in [5.41, 5.74) is 7.58. The molecule has 1 nitrogen and oxygen atoms in total. The van der Waals surface area contributed by atoms with Crippen molar-refractivity contribution in [3.8, 4) is 0 Å². The van der Waals surface area contributed by atoms with Crippen molar-refractivity contribution in [2.75, 3.05) is 0 Å². The lowest BCUT2D eigenvalue weighted by atomic mass is 9.93. The minimum atomic E-state index is 0.757. The molecule has 0 amide bonds. The summed E-state index contributed by atoms with van der Waals surface area (Å²) in [5.74, 6) is 0. The first-order valence-electron chi connectivity index (χ1n) is 7.80. The molecule has 2 heteroatoms. The maximum atomic E-state index is 6.15. The standard InChI is InChI=1S/C21H16ClN/c22-18-6-3-4-15(12-18)13-20-19-7-2-1-5-16(19)8-9-17-10-11-23-14-21(17)20/h1-7,10-14H,8-9H2. The molecule has 0 saturated carbocycles. The molecule has 0 spiro atoms. The smallest absolute Gasteiger partial charge is 0.0411 e. The van der Waals surface area contributed by atoms with Crippen molar-refractivity contribution in [2.45, 2.75) is 12.8 Å². The molecule has 112 valence electrons. The predicted octanol–water partition coefficient (Wildman–Crippen LogP) is 5.42.